The molecule has 1 aliphatic carbocycles. The molecule has 5 nitrogen and oxygen atoms in total. The number of amides is 1. The number of hydrogen-bond acceptors (Lipinski definition) is 4. The Balaban J connectivity index is 1.78. The zero-order valence-corrected chi connectivity index (χ0v) is 13.1. The molecule has 1 amide bonds. The summed E-state index contributed by atoms with van der Waals surface area (Å²) in [6.07, 6.45) is 2.28. The fourth-order valence-corrected chi connectivity index (χ4v) is 2.17. The van der Waals surface area contributed by atoms with Crippen molar-refractivity contribution in [2.45, 2.75) is 39.7 Å². The number of aromatic nitrogens is 2. The maximum absolute atomic E-state index is 12.4. The Labute approximate surface area is 130 Å². The molecule has 2 aromatic rings. The highest BCUT2D eigenvalue weighted by Crippen LogP contribution is 2.23. The van der Waals surface area contributed by atoms with E-state index in [4.69, 9.17) is 0 Å². The Morgan fingerprint density at radius 1 is 1.09 bits per heavy atom. The normalized spacial score (nSPS) is 13.8. The number of carbonyl (C=O) groups excluding carboxylic acids is 1. The Kier molecular flexibility index (Phi) is 3.79. The largest absolute Gasteiger partial charge is 0.351 e. The fourth-order valence-electron chi connectivity index (χ4n) is 2.17. The van der Waals surface area contributed by atoms with E-state index in [2.05, 4.69) is 20.6 Å². The van der Waals surface area contributed by atoms with Crippen LogP contribution in [0.1, 0.15) is 40.2 Å². The second-order valence-electron chi connectivity index (χ2n) is 5.89. The van der Waals surface area contributed by atoms with Crippen LogP contribution in [0.3, 0.4) is 0 Å². The smallest absolute Gasteiger partial charge is 0.274 e. The van der Waals surface area contributed by atoms with Crippen molar-refractivity contribution in [1.82, 2.24) is 9.97 Å². The van der Waals surface area contributed by atoms with Crippen molar-refractivity contribution in [3.63, 3.8) is 0 Å². The number of carbonyl (C=O) groups is 1. The highest BCUT2D eigenvalue weighted by molar-refractivity contribution is 6.03. The van der Waals surface area contributed by atoms with Crippen LogP contribution >= 0.6 is 0 Å². The van der Waals surface area contributed by atoms with Gasteiger partial charge in [-0.1, -0.05) is 6.07 Å². The molecule has 1 aliphatic rings. The molecule has 0 atom stereocenters. The summed E-state index contributed by atoms with van der Waals surface area (Å²) in [5.41, 5.74) is 4.29. The van der Waals surface area contributed by atoms with E-state index in [0.29, 0.717) is 17.7 Å². The van der Waals surface area contributed by atoms with Crippen molar-refractivity contribution in [2.75, 3.05) is 10.6 Å². The highest BCUT2D eigenvalue weighted by Gasteiger charge is 2.22. The standard InChI is InChI=1S/C17H20N4O/c1-10-4-5-14(8-11(10)2)19-16(22)15-9-12(3)18-17(21-15)20-13-6-7-13/h4-5,8-9,13H,6-7H2,1-3H3,(H,19,22)(H,18,20,21). The van der Waals surface area contributed by atoms with Gasteiger partial charge in [0.2, 0.25) is 5.95 Å². The maximum Gasteiger partial charge on any atom is 0.274 e. The van der Waals surface area contributed by atoms with Gasteiger partial charge in [-0.05, 0) is 62.9 Å². The van der Waals surface area contributed by atoms with Gasteiger partial charge in [0.25, 0.3) is 5.91 Å². The van der Waals surface area contributed by atoms with Crippen LogP contribution in [0, 0.1) is 20.8 Å². The predicted molar refractivity (Wildman–Crippen MR) is 87.3 cm³/mol. The Morgan fingerprint density at radius 3 is 2.55 bits per heavy atom. The minimum Gasteiger partial charge on any atom is -0.351 e. The first-order chi connectivity index (χ1) is 10.5. The van der Waals surface area contributed by atoms with E-state index in [1.54, 1.807) is 6.07 Å². The van der Waals surface area contributed by atoms with Gasteiger partial charge >= 0.3 is 0 Å². The van der Waals surface area contributed by atoms with Crippen molar-refractivity contribution >= 4 is 17.5 Å². The summed E-state index contributed by atoms with van der Waals surface area (Å²) in [4.78, 5) is 21.0. The van der Waals surface area contributed by atoms with E-state index in [-0.39, 0.29) is 5.91 Å². The second kappa shape index (κ2) is 5.75. The summed E-state index contributed by atoms with van der Waals surface area (Å²) in [5, 5.41) is 6.12. The van der Waals surface area contributed by atoms with Gasteiger partial charge in [-0.3, -0.25) is 4.79 Å². The lowest BCUT2D eigenvalue weighted by Crippen LogP contribution is -2.16. The van der Waals surface area contributed by atoms with Gasteiger partial charge in [-0.25, -0.2) is 9.97 Å². The quantitative estimate of drug-likeness (QED) is 0.909. The van der Waals surface area contributed by atoms with Crippen LogP contribution < -0.4 is 10.6 Å². The zero-order chi connectivity index (χ0) is 15.7. The molecule has 1 aromatic heterocycles. The van der Waals surface area contributed by atoms with Gasteiger partial charge in [0, 0.05) is 17.4 Å². The summed E-state index contributed by atoms with van der Waals surface area (Å²) >= 11 is 0. The van der Waals surface area contributed by atoms with Crippen molar-refractivity contribution < 1.29 is 4.79 Å². The van der Waals surface area contributed by atoms with Gasteiger partial charge in [0.1, 0.15) is 5.69 Å². The molecule has 0 radical (unpaired) electrons. The molecule has 0 saturated heterocycles. The molecule has 1 heterocycles. The third-order valence-corrected chi connectivity index (χ3v) is 3.76. The number of rotatable bonds is 4. The molecule has 22 heavy (non-hydrogen) atoms. The lowest BCUT2D eigenvalue weighted by Gasteiger charge is -2.09. The Hall–Kier alpha value is -2.43. The average molecular weight is 296 g/mol. The van der Waals surface area contributed by atoms with E-state index in [1.807, 2.05) is 39.0 Å². The second-order valence-corrected chi connectivity index (χ2v) is 5.89. The van der Waals surface area contributed by atoms with Crippen LogP contribution in [0.25, 0.3) is 0 Å². The van der Waals surface area contributed by atoms with Crippen molar-refractivity contribution in [3.05, 3.63) is 46.8 Å². The molecule has 0 unspecified atom stereocenters. The Morgan fingerprint density at radius 2 is 1.86 bits per heavy atom. The minimum atomic E-state index is -0.215. The molecule has 1 fully saturated rings. The Bertz CT molecular complexity index is 723. The average Bonchev–Trinajstić information content (AvgIpc) is 3.26. The topological polar surface area (TPSA) is 66.9 Å². The van der Waals surface area contributed by atoms with Crippen molar-refractivity contribution in [2.24, 2.45) is 0 Å². The molecule has 2 N–H and O–H groups in total. The molecule has 0 bridgehead atoms. The monoisotopic (exact) mass is 296 g/mol. The van der Waals surface area contributed by atoms with E-state index < -0.39 is 0 Å². The SMILES string of the molecule is Cc1cc(C(=O)Nc2ccc(C)c(C)c2)nc(NC2CC2)n1. The predicted octanol–water partition coefficient (Wildman–Crippen LogP) is 3.23. The molecule has 1 aromatic carbocycles. The minimum absolute atomic E-state index is 0.215. The van der Waals surface area contributed by atoms with E-state index in [1.165, 1.54) is 5.56 Å². The van der Waals surface area contributed by atoms with Crippen LogP contribution in [0.5, 0.6) is 0 Å². The highest BCUT2D eigenvalue weighted by atomic mass is 16.1. The number of hydrogen-bond donors (Lipinski definition) is 2. The van der Waals surface area contributed by atoms with Gasteiger partial charge in [-0.2, -0.15) is 0 Å². The summed E-state index contributed by atoms with van der Waals surface area (Å²) < 4.78 is 0. The first kappa shape index (κ1) is 14.5. The first-order valence-corrected chi connectivity index (χ1v) is 7.52. The summed E-state index contributed by atoms with van der Waals surface area (Å²) in [6.45, 7) is 5.94. The molecular weight excluding hydrogens is 276 g/mol. The van der Waals surface area contributed by atoms with Crippen molar-refractivity contribution in [1.29, 1.82) is 0 Å². The molecule has 5 heteroatoms. The van der Waals surface area contributed by atoms with Crippen LogP contribution in [-0.2, 0) is 0 Å². The number of benzene rings is 1. The van der Waals surface area contributed by atoms with E-state index in [0.717, 1.165) is 29.8 Å². The molecular formula is C17H20N4O. The molecule has 0 spiro atoms. The number of nitrogens with zero attached hydrogens (tertiary/aromatic N) is 2. The van der Waals surface area contributed by atoms with Gasteiger partial charge in [0.15, 0.2) is 0 Å². The fraction of sp³-hybridized carbons (Fsp3) is 0.353. The van der Waals surface area contributed by atoms with Crippen LogP contribution in [0.2, 0.25) is 0 Å². The molecule has 1 saturated carbocycles. The third kappa shape index (κ3) is 3.42. The summed E-state index contributed by atoms with van der Waals surface area (Å²) in [6, 6.07) is 8.02. The maximum atomic E-state index is 12.4. The van der Waals surface area contributed by atoms with Crippen LogP contribution in [0.4, 0.5) is 11.6 Å². The van der Waals surface area contributed by atoms with Crippen LogP contribution in [-0.4, -0.2) is 21.9 Å². The van der Waals surface area contributed by atoms with E-state index >= 15 is 0 Å². The zero-order valence-electron chi connectivity index (χ0n) is 13.1. The molecule has 0 aliphatic heterocycles. The lowest BCUT2D eigenvalue weighted by atomic mass is 10.1. The number of nitrogens with one attached hydrogen (secondary N) is 2. The van der Waals surface area contributed by atoms with Gasteiger partial charge in [-0.15, -0.1) is 0 Å². The number of anilines is 2. The number of aryl methyl sites for hydroxylation is 3. The lowest BCUT2D eigenvalue weighted by molar-refractivity contribution is 0.102. The molecule has 3 rings (SSSR count). The molecule has 114 valence electrons. The summed E-state index contributed by atoms with van der Waals surface area (Å²) in [5.74, 6) is 0.320. The van der Waals surface area contributed by atoms with Crippen LogP contribution in [0.15, 0.2) is 24.3 Å². The van der Waals surface area contributed by atoms with Gasteiger partial charge < -0.3 is 10.6 Å². The van der Waals surface area contributed by atoms with Gasteiger partial charge in [0.05, 0.1) is 0 Å². The van der Waals surface area contributed by atoms with Crippen molar-refractivity contribution in [3.8, 4) is 0 Å². The first-order valence-electron chi connectivity index (χ1n) is 7.52. The third-order valence-electron chi connectivity index (χ3n) is 3.76. The van der Waals surface area contributed by atoms with E-state index in [9.17, 15) is 4.79 Å². The summed E-state index contributed by atoms with van der Waals surface area (Å²) in [7, 11) is 0.